The summed E-state index contributed by atoms with van der Waals surface area (Å²) in [5.74, 6) is 6.28. The van der Waals surface area contributed by atoms with Gasteiger partial charge in [0.05, 0.1) is 26.9 Å². The van der Waals surface area contributed by atoms with Crippen LogP contribution in [0.15, 0.2) is 18.2 Å². The van der Waals surface area contributed by atoms with E-state index in [0.29, 0.717) is 19.8 Å². The number of hydrogen-bond acceptors (Lipinski definition) is 4. The lowest BCUT2D eigenvalue weighted by Gasteiger charge is -2.10. The first kappa shape index (κ1) is 17.5. The molecule has 4 heteroatoms. The molecular formula is C17H24O4. The zero-order valence-electron chi connectivity index (χ0n) is 12.9. The zero-order chi connectivity index (χ0) is 15.3. The fraction of sp³-hybridized carbons (Fsp3) is 0.529. The molecule has 1 aromatic carbocycles. The smallest absolute Gasteiger partial charge is 0.124 e. The molecule has 0 aliphatic carbocycles. The van der Waals surface area contributed by atoms with Crippen LogP contribution in [0, 0.1) is 11.8 Å². The molecular weight excluding hydrogens is 268 g/mol. The molecule has 0 aliphatic rings. The van der Waals surface area contributed by atoms with Gasteiger partial charge >= 0.3 is 0 Å². The molecule has 0 heterocycles. The monoisotopic (exact) mass is 292 g/mol. The summed E-state index contributed by atoms with van der Waals surface area (Å²) >= 11 is 0. The van der Waals surface area contributed by atoms with E-state index in [2.05, 4.69) is 18.8 Å². The number of aliphatic hydroxyl groups excluding tert-OH is 1. The molecule has 4 nitrogen and oxygen atoms in total. The van der Waals surface area contributed by atoms with Gasteiger partial charge in [-0.3, -0.25) is 0 Å². The van der Waals surface area contributed by atoms with Gasteiger partial charge in [0.1, 0.15) is 12.4 Å². The first-order valence-electron chi connectivity index (χ1n) is 7.24. The predicted octanol–water partition coefficient (Wildman–Crippen LogP) is 2.37. The van der Waals surface area contributed by atoms with Crippen LogP contribution >= 0.6 is 0 Å². The fourth-order valence-corrected chi connectivity index (χ4v) is 1.76. The largest absolute Gasteiger partial charge is 0.496 e. The van der Waals surface area contributed by atoms with E-state index in [1.54, 1.807) is 7.11 Å². The van der Waals surface area contributed by atoms with Crippen molar-refractivity contribution in [1.82, 2.24) is 0 Å². The number of benzene rings is 1. The minimum absolute atomic E-state index is 0.146. The number of hydrogen-bond donors (Lipinski definition) is 1. The SMILES string of the molecule is CCCCOCCOCc1cc(C#CCO)ccc1OC. The average molecular weight is 292 g/mol. The van der Waals surface area contributed by atoms with Gasteiger partial charge in [0.25, 0.3) is 0 Å². The first-order chi connectivity index (χ1) is 10.3. The zero-order valence-corrected chi connectivity index (χ0v) is 12.9. The van der Waals surface area contributed by atoms with Gasteiger partial charge in [0.15, 0.2) is 0 Å². The van der Waals surface area contributed by atoms with Gasteiger partial charge in [-0.2, -0.15) is 0 Å². The van der Waals surface area contributed by atoms with Crippen LogP contribution in [0.5, 0.6) is 5.75 Å². The van der Waals surface area contributed by atoms with Crippen molar-refractivity contribution in [2.24, 2.45) is 0 Å². The third kappa shape index (κ3) is 7.14. The number of ether oxygens (including phenoxy) is 3. The van der Waals surface area contributed by atoms with Crippen LogP contribution in [0.2, 0.25) is 0 Å². The normalized spacial score (nSPS) is 10.0. The second-order valence-corrected chi connectivity index (χ2v) is 4.51. The molecule has 1 aromatic rings. The molecule has 0 saturated heterocycles. The van der Waals surface area contributed by atoms with Crippen molar-refractivity contribution in [3.63, 3.8) is 0 Å². The molecule has 1 N–H and O–H groups in total. The van der Waals surface area contributed by atoms with Gasteiger partial charge in [-0.05, 0) is 24.6 Å². The Morgan fingerprint density at radius 3 is 2.67 bits per heavy atom. The Labute approximate surface area is 127 Å². The van der Waals surface area contributed by atoms with E-state index in [4.69, 9.17) is 19.3 Å². The highest BCUT2D eigenvalue weighted by atomic mass is 16.5. The molecule has 21 heavy (non-hydrogen) atoms. The van der Waals surface area contributed by atoms with Crippen molar-refractivity contribution >= 4 is 0 Å². The Kier molecular flexibility index (Phi) is 9.30. The van der Waals surface area contributed by atoms with Crippen LogP contribution < -0.4 is 4.74 Å². The molecule has 0 atom stereocenters. The van der Waals surface area contributed by atoms with Crippen LogP contribution in [-0.2, 0) is 16.1 Å². The second kappa shape index (κ2) is 11.2. The molecule has 0 amide bonds. The van der Waals surface area contributed by atoms with Gasteiger partial charge < -0.3 is 19.3 Å². The van der Waals surface area contributed by atoms with Crippen LogP contribution in [0.4, 0.5) is 0 Å². The lowest BCUT2D eigenvalue weighted by Crippen LogP contribution is -2.06. The molecule has 0 aliphatic heterocycles. The Hall–Kier alpha value is -1.54. The van der Waals surface area contributed by atoms with E-state index in [1.165, 1.54) is 0 Å². The summed E-state index contributed by atoms with van der Waals surface area (Å²) < 4.78 is 16.3. The second-order valence-electron chi connectivity index (χ2n) is 4.51. The van der Waals surface area contributed by atoms with Crippen LogP contribution in [-0.4, -0.2) is 38.6 Å². The summed E-state index contributed by atoms with van der Waals surface area (Å²) in [5.41, 5.74) is 1.78. The van der Waals surface area contributed by atoms with E-state index in [0.717, 1.165) is 36.3 Å². The quantitative estimate of drug-likeness (QED) is 0.561. The van der Waals surface area contributed by atoms with E-state index in [1.807, 2.05) is 18.2 Å². The lowest BCUT2D eigenvalue weighted by molar-refractivity contribution is 0.0390. The van der Waals surface area contributed by atoms with Crippen LogP contribution in [0.3, 0.4) is 0 Å². The summed E-state index contributed by atoms with van der Waals surface area (Å²) in [5, 5.41) is 8.72. The van der Waals surface area contributed by atoms with E-state index in [9.17, 15) is 0 Å². The highest BCUT2D eigenvalue weighted by molar-refractivity contribution is 5.44. The molecule has 1 rings (SSSR count). The van der Waals surface area contributed by atoms with Crippen molar-refractivity contribution in [3.8, 4) is 17.6 Å². The maximum atomic E-state index is 8.72. The highest BCUT2D eigenvalue weighted by Gasteiger charge is 2.04. The summed E-state index contributed by atoms with van der Waals surface area (Å²) in [7, 11) is 1.63. The van der Waals surface area contributed by atoms with E-state index < -0.39 is 0 Å². The Balaban J connectivity index is 2.44. The summed E-state index contributed by atoms with van der Waals surface area (Å²) in [4.78, 5) is 0. The van der Waals surface area contributed by atoms with E-state index >= 15 is 0 Å². The van der Waals surface area contributed by atoms with Crippen LogP contribution in [0.1, 0.15) is 30.9 Å². The van der Waals surface area contributed by atoms with Crippen LogP contribution in [0.25, 0.3) is 0 Å². The number of aliphatic hydroxyl groups is 1. The number of unbranched alkanes of at least 4 members (excludes halogenated alkanes) is 1. The van der Waals surface area contributed by atoms with Gasteiger partial charge in [-0.15, -0.1) is 0 Å². The lowest BCUT2D eigenvalue weighted by atomic mass is 10.1. The average Bonchev–Trinajstić information content (AvgIpc) is 2.52. The first-order valence-corrected chi connectivity index (χ1v) is 7.24. The Morgan fingerprint density at radius 1 is 1.14 bits per heavy atom. The van der Waals surface area contributed by atoms with E-state index in [-0.39, 0.29) is 6.61 Å². The fourth-order valence-electron chi connectivity index (χ4n) is 1.76. The minimum atomic E-state index is -0.146. The van der Waals surface area contributed by atoms with Gasteiger partial charge in [0, 0.05) is 17.7 Å². The van der Waals surface area contributed by atoms with Crippen molar-refractivity contribution in [2.75, 3.05) is 33.5 Å². The molecule has 0 spiro atoms. The highest BCUT2D eigenvalue weighted by Crippen LogP contribution is 2.20. The standard InChI is InChI=1S/C17H24O4/c1-3-4-10-20-11-12-21-14-16-13-15(6-5-9-18)7-8-17(16)19-2/h7-8,13,18H,3-4,9-12,14H2,1-2H3. The molecule has 0 bridgehead atoms. The third-order valence-electron chi connectivity index (χ3n) is 2.86. The third-order valence-corrected chi connectivity index (χ3v) is 2.86. The minimum Gasteiger partial charge on any atom is -0.496 e. The van der Waals surface area contributed by atoms with Gasteiger partial charge in [-0.1, -0.05) is 25.2 Å². The van der Waals surface area contributed by atoms with Crippen molar-refractivity contribution in [3.05, 3.63) is 29.3 Å². The van der Waals surface area contributed by atoms with Gasteiger partial charge in [-0.25, -0.2) is 0 Å². The Morgan fingerprint density at radius 2 is 1.95 bits per heavy atom. The van der Waals surface area contributed by atoms with Gasteiger partial charge in [0.2, 0.25) is 0 Å². The summed E-state index contributed by atoms with van der Waals surface area (Å²) in [6, 6.07) is 5.64. The van der Waals surface area contributed by atoms with Crippen molar-refractivity contribution < 1.29 is 19.3 Å². The topological polar surface area (TPSA) is 47.9 Å². The Bertz CT molecular complexity index is 460. The predicted molar refractivity (Wildman–Crippen MR) is 82.3 cm³/mol. The number of methoxy groups -OCH3 is 1. The molecule has 0 unspecified atom stereocenters. The van der Waals surface area contributed by atoms with Crippen molar-refractivity contribution in [1.29, 1.82) is 0 Å². The molecule has 0 radical (unpaired) electrons. The summed E-state index contributed by atoms with van der Waals surface area (Å²) in [6.07, 6.45) is 2.22. The maximum absolute atomic E-state index is 8.72. The molecule has 0 aromatic heterocycles. The summed E-state index contributed by atoms with van der Waals surface area (Å²) in [6.45, 7) is 4.39. The molecule has 0 saturated carbocycles. The molecule has 116 valence electrons. The van der Waals surface area contributed by atoms with Crippen molar-refractivity contribution in [2.45, 2.75) is 26.4 Å². The molecule has 0 fully saturated rings. The number of rotatable bonds is 9. The maximum Gasteiger partial charge on any atom is 0.124 e.